The Morgan fingerprint density at radius 3 is 2.54 bits per heavy atom. The molecule has 0 saturated heterocycles. The summed E-state index contributed by atoms with van der Waals surface area (Å²) in [4.78, 5) is 12.4. The minimum Gasteiger partial charge on any atom is -0.493 e. The fourth-order valence-corrected chi connectivity index (χ4v) is 2.66. The number of methoxy groups -OCH3 is 2. The predicted molar refractivity (Wildman–Crippen MR) is 101 cm³/mol. The van der Waals surface area contributed by atoms with Crippen LogP contribution in [0.1, 0.15) is 16.1 Å². The SMILES string of the molecule is COc1ccc(CCNC(=O)c2nnn(-c3ccc(F)cc3)c2N)cc1OC. The number of hydrogen-bond donors (Lipinski definition) is 2. The number of halogens is 1. The maximum atomic E-state index is 13.1. The van der Waals surface area contributed by atoms with Gasteiger partial charge in [-0.2, -0.15) is 4.68 Å². The number of nitrogens with two attached hydrogens (primary N) is 1. The molecule has 0 fully saturated rings. The Morgan fingerprint density at radius 1 is 1.14 bits per heavy atom. The fraction of sp³-hybridized carbons (Fsp3) is 0.211. The number of carbonyl (C=O) groups is 1. The molecule has 0 saturated carbocycles. The Hall–Kier alpha value is -3.62. The highest BCUT2D eigenvalue weighted by Gasteiger charge is 2.18. The van der Waals surface area contributed by atoms with E-state index in [2.05, 4.69) is 15.6 Å². The monoisotopic (exact) mass is 385 g/mol. The van der Waals surface area contributed by atoms with Gasteiger partial charge in [-0.15, -0.1) is 5.10 Å². The first-order valence-electron chi connectivity index (χ1n) is 8.49. The number of aromatic nitrogens is 3. The van der Waals surface area contributed by atoms with Crippen LogP contribution in [-0.4, -0.2) is 41.7 Å². The molecular formula is C19H20FN5O3. The molecule has 0 spiro atoms. The van der Waals surface area contributed by atoms with Crippen LogP contribution in [0.2, 0.25) is 0 Å². The van der Waals surface area contributed by atoms with Gasteiger partial charge in [-0.3, -0.25) is 4.79 Å². The number of nitrogens with zero attached hydrogens (tertiary/aromatic N) is 3. The third-order valence-electron chi connectivity index (χ3n) is 4.14. The van der Waals surface area contributed by atoms with Crippen molar-refractivity contribution in [2.24, 2.45) is 0 Å². The van der Waals surface area contributed by atoms with Crippen molar-refractivity contribution in [2.45, 2.75) is 6.42 Å². The molecule has 0 unspecified atom stereocenters. The zero-order chi connectivity index (χ0) is 20.1. The second-order valence-electron chi connectivity index (χ2n) is 5.91. The van der Waals surface area contributed by atoms with E-state index in [1.807, 2.05) is 18.2 Å². The van der Waals surface area contributed by atoms with Crippen LogP contribution in [0, 0.1) is 5.82 Å². The van der Waals surface area contributed by atoms with E-state index < -0.39 is 5.91 Å². The van der Waals surface area contributed by atoms with E-state index in [-0.39, 0.29) is 17.3 Å². The summed E-state index contributed by atoms with van der Waals surface area (Å²) in [6, 6.07) is 11.1. The van der Waals surface area contributed by atoms with Crippen molar-refractivity contribution in [3.05, 3.63) is 59.5 Å². The lowest BCUT2D eigenvalue weighted by Gasteiger charge is -2.10. The normalized spacial score (nSPS) is 10.5. The van der Waals surface area contributed by atoms with E-state index in [0.717, 1.165) is 5.56 Å². The van der Waals surface area contributed by atoms with Crippen LogP contribution in [0.25, 0.3) is 5.69 Å². The lowest BCUT2D eigenvalue weighted by Crippen LogP contribution is -2.27. The van der Waals surface area contributed by atoms with Crippen LogP contribution < -0.4 is 20.5 Å². The molecule has 3 aromatic rings. The summed E-state index contributed by atoms with van der Waals surface area (Å²) in [6.45, 7) is 0.372. The molecule has 3 rings (SSSR count). The molecule has 9 heteroatoms. The zero-order valence-electron chi connectivity index (χ0n) is 15.5. The minimum atomic E-state index is -0.439. The Labute approximate surface area is 161 Å². The molecule has 0 aliphatic carbocycles. The number of benzene rings is 2. The van der Waals surface area contributed by atoms with Gasteiger partial charge in [0.2, 0.25) is 0 Å². The second-order valence-corrected chi connectivity index (χ2v) is 5.91. The lowest BCUT2D eigenvalue weighted by molar-refractivity contribution is 0.0950. The predicted octanol–water partition coefficient (Wildman–Crippen LogP) is 1.98. The quantitative estimate of drug-likeness (QED) is 0.644. The van der Waals surface area contributed by atoms with Gasteiger partial charge < -0.3 is 20.5 Å². The zero-order valence-corrected chi connectivity index (χ0v) is 15.5. The molecule has 1 aromatic heterocycles. The standard InChI is InChI=1S/C19H20FN5O3/c1-27-15-8-3-12(11-16(15)28-2)9-10-22-19(26)17-18(21)25(24-23-17)14-6-4-13(20)5-7-14/h3-8,11H,9-10,21H2,1-2H3,(H,22,26). The number of nitrogens with one attached hydrogen (secondary N) is 1. The van der Waals surface area contributed by atoms with Crippen molar-refractivity contribution in [3.63, 3.8) is 0 Å². The Bertz CT molecular complexity index is 972. The molecule has 0 aliphatic heterocycles. The highest BCUT2D eigenvalue weighted by atomic mass is 19.1. The topological polar surface area (TPSA) is 104 Å². The smallest absolute Gasteiger partial charge is 0.275 e. The van der Waals surface area contributed by atoms with Gasteiger partial charge in [0.1, 0.15) is 5.82 Å². The Morgan fingerprint density at radius 2 is 1.86 bits per heavy atom. The van der Waals surface area contributed by atoms with Crippen molar-refractivity contribution in [1.82, 2.24) is 20.3 Å². The van der Waals surface area contributed by atoms with E-state index in [1.165, 1.54) is 28.9 Å². The van der Waals surface area contributed by atoms with Gasteiger partial charge in [0.25, 0.3) is 5.91 Å². The van der Waals surface area contributed by atoms with Crippen LogP contribution in [0.4, 0.5) is 10.2 Å². The third-order valence-corrected chi connectivity index (χ3v) is 4.14. The summed E-state index contributed by atoms with van der Waals surface area (Å²) in [5, 5.41) is 10.5. The molecule has 8 nitrogen and oxygen atoms in total. The van der Waals surface area contributed by atoms with Crippen molar-refractivity contribution in [3.8, 4) is 17.2 Å². The molecule has 1 amide bonds. The molecule has 0 atom stereocenters. The van der Waals surface area contributed by atoms with Gasteiger partial charge in [0.15, 0.2) is 23.0 Å². The molecular weight excluding hydrogens is 365 g/mol. The summed E-state index contributed by atoms with van der Waals surface area (Å²) in [5.74, 6) is 0.524. The summed E-state index contributed by atoms with van der Waals surface area (Å²) < 4.78 is 24.8. The van der Waals surface area contributed by atoms with Crippen LogP contribution in [0.5, 0.6) is 11.5 Å². The maximum absolute atomic E-state index is 13.1. The van der Waals surface area contributed by atoms with Gasteiger partial charge in [-0.25, -0.2) is 4.39 Å². The number of rotatable bonds is 7. The molecule has 2 aromatic carbocycles. The number of hydrogen-bond acceptors (Lipinski definition) is 6. The highest BCUT2D eigenvalue weighted by Crippen LogP contribution is 2.27. The summed E-state index contributed by atoms with van der Waals surface area (Å²) in [6.07, 6.45) is 0.581. The fourth-order valence-electron chi connectivity index (χ4n) is 2.66. The van der Waals surface area contributed by atoms with Crippen LogP contribution >= 0.6 is 0 Å². The van der Waals surface area contributed by atoms with E-state index in [0.29, 0.717) is 30.2 Å². The number of amides is 1. The second kappa shape index (κ2) is 8.38. The van der Waals surface area contributed by atoms with E-state index in [1.54, 1.807) is 14.2 Å². The summed E-state index contributed by atoms with van der Waals surface area (Å²) in [7, 11) is 3.14. The molecule has 1 heterocycles. The first-order valence-corrected chi connectivity index (χ1v) is 8.49. The minimum absolute atomic E-state index is 0.0108. The number of anilines is 1. The van der Waals surface area contributed by atoms with E-state index in [4.69, 9.17) is 15.2 Å². The summed E-state index contributed by atoms with van der Waals surface area (Å²) in [5.41, 5.74) is 7.47. The van der Waals surface area contributed by atoms with E-state index >= 15 is 0 Å². The third kappa shape index (κ3) is 4.03. The Kier molecular flexibility index (Phi) is 5.73. The van der Waals surface area contributed by atoms with Crippen LogP contribution in [0.15, 0.2) is 42.5 Å². The molecule has 0 aliphatic rings. The van der Waals surface area contributed by atoms with Gasteiger partial charge in [0, 0.05) is 6.54 Å². The van der Waals surface area contributed by atoms with Crippen LogP contribution in [0.3, 0.4) is 0 Å². The van der Waals surface area contributed by atoms with E-state index in [9.17, 15) is 9.18 Å². The molecule has 146 valence electrons. The van der Waals surface area contributed by atoms with Gasteiger partial charge in [-0.1, -0.05) is 11.3 Å². The van der Waals surface area contributed by atoms with Crippen molar-refractivity contribution >= 4 is 11.7 Å². The maximum Gasteiger partial charge on any atom is 0.275 e. The molecule has 0 bridgehead atoms. The van der Waals surface area contributed by atoms with Crippen molar-refractivity contribution < 1.29 is 18.7 Å². The molecule has 28 heavy (non-hydrogen) atoms. The molecule has 0 radical (unpaired) electrons. The number of carbonyl (C=O) groups excluding carboxylic acids is 1. The van der Waals surface area contributed by atoms with Gasteiger partial charge >= 0.3 is 0 Å². The van der Waals surface area contributed by atoms with Gasteiger partial charge in [0.05, 0.1) is 19.9 Å². The Balaban J connectivity index is 1.63. The highest BCUT2D eigenvalue weighted by molar-refractivity contribution is 5.96. The first-order chi connectivity index (χ1) is 13.5. The van der Waals surface area contributed by atoms with Gasteiger partial charge in [-0.05, 0) is 48.4 Å². The first kappa shape index (κ1) is 19.2. The number of ether oxygens (including phenoxy) is 2. The summed E-state index contributed by atoms with van der Waals surface area (Å²) >= 11 is 0. The van der Waals surface area contributed by atoms with Crippen molar-refractivity contribution in [2.75, 3.05) is 26.5 Å². The van der Waals surface area contributed by atoms with Crippen molar-refractivity contribution in [1.29, 1.82) is 0 Å². The molecule has 3 N–H and O–H groups in total. The lowest BCUT2D eigenvalue weighted by atomic mass is 10.1. The number of nitrogen functional groups attached to an aromatic ring is 1. The van der Waals surface area contributed by atoms with Crippen LogP contribution in [-0.2, 0) is 6.42 Å². The average Bonchev–Trinajstić information content (AvgIpc) is 3.09. The largest absolute Gasteiger partial charge is 0.493 e. The average molecular weight is 385 g/mol.